The Bertz CT molecular complexity index is 803. The number of likely N-dealkylation sites (tertiary alicyclic amines) is 1. The lowest BCUT2D eigenvalue weighted by Gasteiger charge is -2.47. The number of amidine groups is 1. The van der Waals surface area contributed by atoms with Gasteiger partial charge >= 0.3 is 0 Å². The number of rotatable bonds is 0. The first kappa shape index (κ1) is 13.4. The number of hydrogen-bond donors (Lipinski definition) is 0. The Balaban J connectivity index is 1.66. The Morgan fingerprint density at radius 3 is 2.78 bits per heavy atom. The van der Waals surface area contributed by atoms with Crippen molar-refractivity contribution < 1.29 is 9.59 Å². The average Bonchev–Trinajstić information content (AvgIpc) is 2.76. The molecule has 0 spiro atoms. The van der Waals surface area contributed by atoms with Gasteiger partial charge in [-0.2, -0.15) is 0 Å². The maximum Gasteiger partial charge on any atom is 0.235 e. The zero-order valence-electron chi connectivity index (χ0n) is 12.5. The van der Waals surface area contributed by atoms with Gasteiger partial charge in [-0.1, -0.05) is 24.3 Å². The topological polar surface area (TPSA) is 53.0 Å². The van der Waals surface area contributed by atoms with Gasteiger partial charge in [-0.3, -0.25) is 14.5 Å². The summed E-state index contributed by atoms with van der Waals surface area (Å²) >= 11 is 1.74. The standard InChI is InChI=1S/C17H15N3O2S/c1-19-16(21)13-9-6-7-11(14(13)17(19)22)20-8-23-12-5-3-2-4-10(12)18-15(9)20/h2-7,9,11,13-14H,8H2,1H3/t9-,11+,13+,14-/m1/s1. The van der Waals surface area contributed by atoms with Gasteiger partial charge < -0.3 is 4.90 Å². The fourth-order valence-corrected chi connectivity index (χ4v) is 5.20. The summed E-state index contributed by atoms with van der Waals surface area (Å²) in [5, 5.41) is 0. The van der Waals surface area contributed by atoms with Gasteiger partial charge in [0.2, 0.25) is 11.8 Å². The van der Waals surface area contributed by atoms with E-state index in [-0.39, 0.29) is 35.6 Å². The summed E-state index contributed by atoms with van der Waals surface area (Å²) in [6.45, 7) is 0. The van der Waals surface area contributed by atoms with Crippen molar-refractivity contribution in [2.24, 2.45) is 22.7 Å². The van der Waals surface area contributed by atoms with Crippen molar-refractivity contribution in [3.63, 3.8) is 0 Å². The number of carbonyl (C=O) groups is 2. The molecule has 1 aromatic carbocycles. The van der Waals surface area contributed by atoms with E-state index in [0.29, 0.717) is 0 Å². The number of thioether (sulfide) groups is 1. The minimum atomic E-state index is -0.284. The summed E-state index contributed by atoms with van der Waals surface area (Å²) in [5.74, 6) is 0.939. The highest BCUT2D eigenvalue weighted by Gasteiger charge is 2.60. The van der Waals surface area contributed by atoms with Gasteiger partial charge in [0.15, 0.2) is 0 Å². The Hall–Kier alpha value is -2.08. The van der Waals surface area contributed by atoms with Crippen molar-refractivity contribution in [1.82, 2.24) is 9.80 Å². The normalized spacial score (nSPS) is 34.0. The summed E-state index contributed by atoms with van der Waals surface area (Å²) in [5.41, 5.74) is 0.956. The van der Waals surface area contributed by atoms with E-state index in [4.69, 9.17) is 4.99 Å². The minimum absolute atomic E-state index is 0.0508. The van der Waals surface area contributed by atoms with Gasteiger partial charge in [0.05, 0.1) is 29.4 Å². The van der Waals surface area contributed by atoms with Crippen LogP contribution in [0.4, 0.5) is 5.69 Å². The average molecular weight is 325 g/mol. The van der Waals surface area contributed by atoms with Gasteiger partial charge in [-0.15, -0.1) is 11.8 Å². The largest absolute Gasteiger partial charge is 0.343 e. The first-order chi connectivity index (χ1) is 11.2. The summed E-state index contributed by atoms with van der Waals surface area (Å²) in [6, 6.07) is 8.02. The lowest BCUT2D eigenvalue weighted by atomic mass is 9.69. The minimum Gasteiger partial charge on any atom is -0.343 e. The maximum absolute atomic E-state index is 12.5. The zero-order valence-corrected chi connectivity index (χ0v) is 13.4. The van der Waals surface area contributed by atoms with Crippen LogP contribution in [0.15, 0.2) is 46.3 Å². The summed E-state index contributed by atoms with van der Waals surface area (Å²) in [6.07, 6.45) is 4.16. The lowest BCUT2D eigenvalue weighted by Crippen LogP contribution is -2.58. The van der Waals surface area contributed by atoms with Gasteiger partial charge in [-0.05, 0) is 12.1 Å². The molecule has 0 saturated carbocycles. The molecule has 2 bridgehead atoms. The van der Waals surface area contributed by atoms with Crippen LogP contribution in [-0.4, -0.2) is 46.4 Å². The molecule has 2 fully saturated rings. The molecule has 4 atom stereocenters. The molecular weight excluding hydrogens is 310 g/mol. The molecule has 1 aliphatic carbocycles. The monoisotopic (exact) mass is 325 g/mol. The van der Waals surface area contributed by atoms with Gasteiger partial charge in [0, 0.05) is 17.9 Å². The molecule has 6 heteroatoms. The van der Waals surface area contributed by atoms with Crippen LogP contribution in [0.25, 0.3) is 0 Å². The number of amides is 2. The second-order valence-corrected chi connectivity index (χ2v) is 7.36. The highest BCUT2D eigenvalue weighted by Crippen LogP contribution is 2.48. The Kier molecular flexibility index (Phi) is 2.60. The number of nitrogens with zero attached hydrogens (tertiary/aromatic N) is 3. The van der Waals surface area contributed by atoms with Crippen LogP contribution in [0, 0.1) is 17.8 Å². The van der Waals surface area contributed by atoms with E-state index in [2.05, 4.69) is 23.1 Å². The van der Waals surface area contributed by atoms with E-state index in [9.17, 15) is 9.59 Å². The number of carbonyl (C=O) groups excluding carboxylic acids is 2. The molecule has 23 heavy (non-hydrogen) atoms. The third-order valence-corrected chi connectivity index (χ3v) is 6.36. The van der Waals surface area contributed by atoms with Crippen LogP contribution in [0.2, 0.25) is 0 Å². The van der Waals surface area contributed by atoms with Crippen molar-refractivity contribution in [2.75, 3.05) is 12.9 Å². The SMILES string of the molecule is CN1C(=O)[C@@H]2[C@H](C1=O)[C@@H]1C=C[C@H]2C2=Nc3ccccc3SCN21. The molecule has 1 aromatic rings. The summed E-state index contributed by atoms with van der Waals surface area (Å²) in [7, 11) is 1.60. The predicted molar refractivity (Wildman–Crippen MR) is 87.3 cm³/mol. The second-order valence-electron chi connectivity index (χ2n) is 6.37. The number of aliphatic imine (C=N–C) groups is 1. The van der Waals surface area contributed by atoms with Crippen molar-refractivity contribution in [2.45, 2.75) is 10.9 Å². The maximum atomic E-state index is 12.5. The highest BCUT2D eigenvalue weighted by atomic mass is 32.2. The van der Waals surface area contributed by atoms with Crippen LogP contribution >= 0.6 is 11.8 Å². The predicted octanol–water partition coefficient (Wildman–Crippen LogP) is 1.88. The van der Waals surface area contributed by atoms with Crippen LogP contribution < -0.4 is 0 Å². The molecule has 0 aromatic heterocycles. The molecule has 0 unspecified atom stereocenters. The number of fused-ring (bicyclic) bond motifs is 1. The molecule has 4 heterocycles. The molecule has 5 nitrogen and oxygen atoms in total. The third kappa shape index (κ3) is 1.62. The summed E-state index contributed by atoms with van der Waals surface area (Å²) in [4.78, 5) is 34.6. The van der Waals surface area contributed by atoms with E-state index < -0.39 is 0 Å². The molecule has 2 saturated heterocycles. The molecule has 2 amide bonds. The van der Waals surface area contributed by atoms with Crippen molar-refractivity contribution in [3.05, 3.63) is 36.4 Å². The van der Waals surface area contributed by atoms with Crippen LogP contribution in [0.1, 0.15) is 0 Å². The number of benzene rings is 1. The Labute approximate surface area is 138 Å². The van der Waals surface area contributed by atoms with E-state index in [1.165, 1.54) is 4.90 Å². The zero-order chi connectivity index (χ0) is 15.7. The van der Waals surface area contributed by atoms with Gasteiger partial charge in [0.1, 0.15) is 5.84 Å². The fraction of sp³-hybridized carbons (Fsp3) is 0.353. The van der Waals surface area contributed by atoms with Gasteiger partial charge in [0.25, 0.3) is 0 Å². The van der Waals surface area contributed by atoms with Crippen molar-refractivity contribution in [3.8, 4) is 0 Å². The van der Waals surface area contributed by atoms with Crippen LogP contribution in [0.5, 0.6) is 0 Å². The molecule has 5 aliphatic rings. The molecule has 0 radical (unpaired) electrons. The van der Waals surface area contributed by atoms with Gasteiger partial charge in [-0.25, -0.2) is 4.99 Å². The number of para-hydroxylation sites is 1. The fourth-order valence-electron chi connectivity index (χ4n) is 4.19. The van der Waals surface area contributed by atoms with Crippen molar-refractivity contribution in [1.29, 1.82) is 0 Å². The molecule has 116 valence electrons. The van der Waals surface area contributed by atoms with E-state index in [0.717, 1.165) is 22.3 Å². The number of imide groups is 1. The van der Waals surface area contributed by atoms with E-state index in [1.54, 1.807) is 18.8 Å². The Morgan fingerprint density at radius 1 is 1.13 bits per heavy atom. The third-order valence-electron chi connectivity index (χ3n) is 5.30. The molecule has 4 aliphatic heterocycles. The lowest BCUT2D eigenvalue weighted by molar-refractivity contribution is -0.138. The molecule has 0 N–H and O–H groups in total. The number of piperidine rings is 1. The number of hydrogen-bond acceptors (Lipinski definition) is 5. The smallest absolute Gasteiger partial charge is 0.235 e. The first-order valence-corrected chi connectivity index (χ1v) is 8.72. The van der Waals surface area contributed by atoms with Crippen molar-refractivity contribution >= 4 is 35.1 Å². The highest BCUT2D eigenvalue weighted by molar-refractivity contribution is 7.99. The quantitative estimate of drug-likeness (QED) is 0.540. The summed E-state index contributed by atoms with van der Waals surface area (Å²) < 4.78 is 0. The Morgan fingerprint density at radius 2 is 1.91 bits per heavy atom. The molecular formula is C17H15N3O2S. The first-order valence-electron chi connectivity index (χ1n) is 7.73. The molecule has 6 rings (SSSR count). The van der Waals surface area contributed by atoms with E-state index >= 15 is 0 Å². The van der Waals surface area contributed by atoms with Crippen LogP contribution in [0.3, 0.4) is 0 Å². The van der Waals surface area contributed by atoms with E-state index in [1.807, 2.05) is 18.2 Å². The van der Waals surface area contributed by atoms with Crippen LogP contribution in [-0.2, 0) is 9.59 Å². The second kappa shape index (κ2) is 4.47.